The third-order valence-corrected chi connectivity index (χ3v) is 3.28. The zero-order valence-corrected chi connectivity index (χ0v) is 11.4. The fraction of sp³-hybridized carbons (Fsp3) is 0.429. The van der Waals surface area contributed by atoms with Crippen molar-refractivity contribution < 1.29 is 18.7 Å². The molecule has 5 nitrogen and oxygen atoms in total. The molecule has 1 fully saturated rings. The van der Waals surface area contributed by atoms with Gasteiger partial charge >= 0.3 is 0 Å². The Balaban J connectivity index is 2.21. The Bertz CT molecular complexity index is 504. The molecule has 1 N–H and O–H groups in total. The molecule has 0 radical (unpaired) electrons. The van der Waals surface area contributed by atoms with Crippen LogP contribution in [0.3, 0.4) is 0 Å². The molecule has 1 aromatic carbocycles. The highest BCUT2D eigenvalue weighted by Gasteiger charge is 2.38. The minimum absolute atomic E-state index is 0.130. The molecule has 6 heteroatoms. The molecule has 1 aliphatic heterocycles. The molecule has 2 unspecified atom stereocenters. The third-order valence-electron chi connectivity index (χ3n) is 3.28. The van der Waals surface area contributed by atoms with Gasteiger partial charge in [0.15, 0.2) is 0 Å². The molecule has 0 saturated carbocycles. The average molecular weight is 280 g/mol. The number of methoxy groups -OCH3 is 1. The van der Waals surface area contributed by atoms with E-state index in [1.807, 2.05) is 0 Å². The summed E-state index contributed by atoms with van der Waals surface area (Å²) in [5.74, 6) is -0.740. The van der Waals surface area contributed by atoms with Crippen LogP contribution in [0.5, 0.6) is 0 Å². The van der Waals surface area contributed by atoms with Crippen LogP contribution in [0.15, 0.2) is 24.3 Å². The molecule has 0 bridgehead atoms. The lowest BCUT2D eigenvalue weighted by molar-refractivity contribution is -0.151. The van der Waals surface area contributed by atoms with Crippen molar-refractivity contribution in [1.82, 2.24) is 10.2 Å². The van der Waals surface area contributed by atoms with Gasteiger partial charge < -0.3 is 15.0 Å². The lowest BCUT2D eigenvalue weighted by atomic mass is 10.1. The Hall–Kier alpha value is -1.95. The minimum atomic E-state index is -0.659. The van der Waals surface area contributed by atoms with Gasteiger partial charge in [0.2, 0.25) is 11.8 Å². The molecule has 0 spiro atoms. The molecule has 108 valence electrons. The zero-order chi connectivity index (χ0) is 14.7. The summed E-state index contributed by atoms with van der Waals surface area (Å²) in [5.41, 5.74) is 0.766. The highest BCUT2D eigenvalue weighted by atomic mass is 19.1. The summed E-state index contributed by atoms with van der Waals surface area (Å²) in [7, 11) is 1.48. The number of nitrogens with zero attached hydrogens (tertiary/aromatic N) is 1. The maximum atomic E-state index is 12.9. The number of amides is 2. The SMILES string of the molecule is COCC1C(=O)NC(C)C(=O)N1Cc1ccc(F)cc1. The molecule has 2 amide bonds. The maximum absolute atomic E-state index is 12.9. The van der Waals surface area contributed by atoms with Gasteiger partial charge in [0.1, 0.15) is 17.9 Å². The van der Waals surface area contributed by atoms with Gasteiger partial charge in [0, 0.05) is 13.7 Å². The summed E-state index contributed by atoms with van der Waals surface area (Å²) in [6, 6.07) is 4.65. The predicted molar refractivity (Wildman–Crippen MR) is 70.2 cm³/mol. The van der Waals surface area contributed by atoms with E-state index in [9.17, 15) is 14.0 Å². The third kappa shape index (κ3) is 2.96. The molecule has 1 aliphatic rings. The first-order valence-corrected chi connectivity index (χ1v) is 6.37. The average Bonchev–Trinajstić information content (AvgIpc) is 2.42. The number of ether oxygens (including phenoxy) is 1. The number of benzene rings is 1. The quantitative estimate of drug-likeness (QED) is 0.882. The van der Waals surface area contributed by atoms with Crippen molar-refractivity contribution in [2.75, 3.05) is 13.7 Å². The van der Waals surface area contributed by atoms with Crippen LogP contribution in [0.1, 0.15) is 12.5 Å². The van der Waals surface area contributed by atoms with E-state index in [1.54, 1.807) is 19.1 Å². The number of carbonyl (C=O) groups is 2. The summed E-state index contributed by atoms with van der Waals surface area (Å²) >= 11 is 0. The number of rotatable bonds is 4. The van der Waals surface area contributed by atoms with Crippen molar-refractivity contribution in [2.45, 2.75) is 25.6 Å². The number of halogens is 1. The van der Waals surface area contributed by atoms with Gasteiger partial charge in [-0.2, -0.15) is 0 Å². The van der Waals surface area contributed by atoms with Gasteiger partial charge in [-0.1, -0.05) is 12.1 Å². The molecular formula is C14H17FN2O3. The van der Waals surface area contributed by atoms with Crippen LogP contribution < -0.4 is 5.32 Å². The second-order valence-corrected chi connectivity index (χ2v) is 4.79. The highest BCUT2D eigenvalue weighted by molar-refractivity contribution is 5.96. The fourth-order valence-electron chi connectivity index (χ4n) is 2.21. The van der Waals surface area contributed by atoms with E-state index in [1.165, 1.54) is 24.1 Å². The minimum Gasteiger partial charge on any atom is -0.382 e. The lowest BCUT2D eigenvalue weighted by Gasteiger charge is -2.37. The second kappa shape index (κ2) is 6.00. The first-order valence-electron chi connectivity index (χ1n) is 6.37. The fourth-order valence-corrected chi connectivity index (χ4v) is 2.21. The van der Waals surface area contributed by atoms with E-state index >= 15 is 0 Å². The first-order chi connectivity index (χ1) is 9.52. The van der Waals surface area contributed by atoms with Crippen molar-refractivity contribution in [2.24, 2.45) is 0 Å². The van der Waals surface area contributed by atoms with Crippen molar-refractivity contribution >= 4 is 11.8 Å². The predicted octanol–water partition coefficient (Wildman–Crippen LogP) is 0.688. The van der Waals surface area contributed by atoms with E-state index in [0.717, 1.165) is 5.56 Å². The second-order valence-electron chi connectivity index (χ2n) is 4.79. The van der Waals surface area contributed by atoms with Crippen LogP contribution in [-0.2, 0) is 20.9 Å². The highest BCUT2D eigenvalue weighted by Crippen LogP contribution is 2.15. The number of piperazine rings is 1. The molecule has 2 atom stereocenters. The van der Waals surface area contributed by atoms with Gasteiger partial charge in [-0.3, -0.25) is 9.59 Å². The van der Waals surface area contributed by atoms with E-state index in [-0.39, 0.29) is 30.8 Å². The topological polar surface area (TPSA) is 58.6 Å². The molecule has 1 aromatic rings. The Kier molecular flexibility index (Phi) is 4.34. The Labute approximate surface area is 116 Å². The van der Waals surface area contributed by atoms with Gasteiger partial charge in [0.25, 0.3) is 0 Å². The van der Waals surface area contributed by atoms with Crippen LogP contribution in [-0.4, -0.2) is 42.5 Å². The van der Waals surface area contributed by atoms with Crippen molar-refractivity contribution in [3.05, 3.63) is 35.6 Å². The molecule has 0 aliphatic carbocycles. The molecule has 1 heterocycles. The van der Waals surface area contributed by atoms with Crippen LogP contribution in [0, 0.1) is 5.82 Å². The van der Waals surface area contributed by atoms with Crippen LogP contribution >= 0.6 is 0 Å². The summed E-state index contributed by atoms with van der Waals surface area (Å²) in [5, 5.41) is 2.62. The molecule has 2 rings (SSSR count). The summed E-state index contributed by atoms with van der Waals surface area (Å²) in [6.45, 7) is 2.03. The van der Waals surface area contributed by atoms with E-state index in [4.69, 9.17) is 4.74 Å². The number of hydrogen-bond acceptors (Lipinski definition) is 3. The van der Waals surface area contributed by atoms with Crippen molar-refractivity contribution in [3.63, 3.8) is 0 Å². The number of hydrogen-bond donors (Lipinski definition) is 1. The van der Waals surface area contributed by atoms with E-state index in [2.05, 4.69) is 5.32 Å². The van der Waals surface area contributed by atoms with E-state index in [0.29, 0.717) is 0 Å². The Morgan fingerprint density at radius 3 is 2.55 bits per heavy atom. The standard InChI is InChI=1S/C14H17FN2O3/c1-9-14(19)17(12(8-20-2)13(18)16-9)7-10-3-5-11(15)6-4-10/h3-6,9,12H,7-8H2,1-2H3,(H,16,18). The van der Waals surface area contributed by atoms with Gasteiger partial charge in [-0.15, -0.1) is 0 Å². The summed E-state index contributed by atoms with van der Waals surface area (Å²) in [4.78, 5) is 25.6. The first kappa shape index (κ1) is 14.5. The lowest BCUT2D eigenvalue weighted by Crippen LogP contribution is -2.63. The number of nitrogens with one attached hydrogen (secondary N) is 1. The largest absolute Gasteiger partial charge is 0.382 e. The van der Waals surface area contributed by atoms with Gasteiger partial charge in [-0.05, 0) is 24.6 Å². The molecule has 20 heavy (non-hydrogen) atoms. The normalized spacial score (nSPS) is 22.9. The zero-order valence-electron chi connectivity index (χ0n) is 11.4. The molecule has 1 saturated heterocycles. The molecule has 0 aromatic heterocycles. The van der Waals surface area contributed by atoms with Crippen molar-refractivity contribution in [3.8, 4) is 0 Å². The van der Waals surface area contributed by atoms with Gasteiger partial charge in [0.05, 0.1) is 6.61 Å². The summed E-state index contributed by atoms with van der Waals surface area (Å²) < 4.78 is 17.9. The number of carbonyl (C=O) groups excluding carboxylic acids is 2. The van der Waals surface area contributed by atoms with Crippen LogP contribution in [0.2, 0.25) is 0 Å². The smallest absolute Gasteiger partial charge is 0.245 e. The summed E-state index contributed by atoms with van der Waals surface area (Å²) in [6.07, 6.45) is 0. The van der Waals surface area contributed by atoms with Gasteiger partial charge in [-0.25, -0.2) is 4.39 Å². The van der Waals surface area contributed by atoms with Crippen LogP contribution in [0.4, 0.5) is 4.39 Å². The maximum Gasteiger partial charge on any atom is 0.245 e. The Morgan fingerprint density at radius 1 is 1.30 bits per heavy atom. The molecular weight excluding hydrogens is 263 g/mol. The Morgan fingerprint density at radius 2 is 1.95 bits per heavy atom. The van der Waals surface area contributed by atoms with Crippen molar-refractivity contribution in [1.29, 1.82) is 0 Å². The van der Waals surface area contributed by atoms with E-state index < -0.39 is 12.1 Å². The van der Waals surface area contributed by atoms with Crippen LogP contribution in [0.25, 0.3) is 0 Å². The monoisotopic (exact) mass is 280 g/mol.